The molecule has 1 saturated heterocycles. The first kappa shape index (κ1) is 10.7. The Bertz CT molecular complexity index is 98.9. The van der Waals surface area contributed by atoms with Crippen molar-refractivity contribution in [3.05, 3.63) is 0 Å². The molecule has 0 aliphatic carbocycles. The van der Waals surface area contributed by atoms with Gasteiger partial charge in [-0.25, -0.2) is 0 Å². The van der Waals surface area contributed by atoms with E-state index in [0.717, 1.165) is 13.1 Å². The van der Waals surface area contributed by atoms with E-state index < -0.39 is 0 Å². The molecular weight excluding hydrogens is 265 g/mol. The van der Waals surface area contributed by atoms with E-state index in [-0.39, 0.29) is 0 Å². The van der Waals surface area contributed by atoms with Crippen LogP contribution in [0, 0.1) is 0 Å². The molecule has 0 bridgehead atoms. The van der Waals surface area contributed by atoms with Gasteiger partial charge in [0.2, 0.25) is 0 Å². The fourth-order valence-electron chi connectivity index (χ4n) is 1.54. The quantitative estimate of drug-likeness (QED) is 0.582. The third-order valence-corrected chi connectivity index (χ3v) is 2.79. The summed E-state index contributed by atoms with van der Waals surface area (Å²) in [4.78, 5) is 4.98. The van der Waals surface area contributed by atoms with Crippen LogP contribution in [0.25, 0.3) is 0 Å². The summed E-state index contributed by atoms with van der Waals surface area (Å²) >= 11 is 2.44. The molecule has 1 heterocycles. The van der Waals surface area contributed by atoms with Crippen molar-refractivity contribution in [1.29, 1.82) is 0 Å². The van der Waals surface area contributed by atoms with Crippen LogP contribution in [0.5, 0.6) is 0 Å². The van der Waals surface area contributed by atoms with Gasteiger partial charge in [-0.3, -0.25) is 4.90 Å². The summed E-state index contributed by atoms with van der Waals surface area (Å²) in [6.07, 6.45) is 0. The molecule has 1 rings (SSSR count). The lowest BCUT2D eigenvalue weighted by atomic mass is 10.3. The molecule has 0 saturated carbocycles. The maximum absolute atomic E-state index is 5.50. The Morgan fingerprint density at radius 2 is 1.50 bits per heavy atom. The lowest BCUT2D eigenvalue weighted by Crippen LogP contribution is -2.48. The van der Waals surface area contributed by atoms with Gasteiger partial charge in [-0.15, -0.1) is 0 Å². The SMILES string of the molecule is NCCN1CCN(CCI)CC1. The van der Waals surface area contributed by atoms with Crippen molar-refractivity contribution in [3.8, 4) is 0 Å². The first-order valence-electron chi connectivity index (χ1n) is 4.57. The normalized spacial score (nSPS) is 21.5. The summed E-state index contributed by atoms with van der Waals surface area (Å²) in [5.74, 6) is 0. The molecule has 0 aromatic heterocycles. The number of piperazine rings is 1. The number of alkyl halides is 1. The number of halogens is 1. The fraction of sp³-hybridized carbons (Fsp3) is 1.00. The number of hydrogen-bond acceptors (Lipinski definition) is 3. The molecule has 0 spiro atoms. The molecule has 0 amide bonds. The molecule has 4 heteroatoms. The predicted molar refractivity (Wildman–Crippen MR) is 60.8 cm³/mol. The van der Waals surface area contributed by atoms with E-state index in [1.165, 1.54) is 37.2 Å². The molecule has 2 N–H and O–H groups in total. The van der Waals surface area contributed by atoms with Crippen molar-refractivity contribution < 1.29 is 0 Å². The van der Waals surface area contributed by atoms with Crippen LogP contribution in [0.1, 0.15) is 0 Å². The van der Waals surface area contributed by atoms with Gasteiger partial charge in [0.25, 0.3) is 0 Å². The lowest BCUT2D eigenvalue weighted by molar-refractivity contribution is 0.142. The van der Waals surface area contributed by atoms with E-state index >= 15 is 0 Å². The standard InChI is InChI=1S/C8H18IN3/c9-1-3-11-5-7-12(4-2-10)8-6-11/h1-8,10H2. The first-order chi connectivity index (χ1) is 5.86. The molecule has 3 nitrogen and oxygen atoms in total. The maximum atomic E-state index is 5.50. The Kier molecular flexibility index (Phi) is 5.45. The molecule has 1 fully saturated rings. The molecule has 72 valence electrons. The zero-order valence-corrected chi connectivity index (χ0v) is 9.66. The highest BCUT2D eigenvalue weighted by atomic mass is 127. The minimum Gasteiger partial charge on any atom is -0.329 e. The van der Waals surface area contributed by atoms with Gasteiger partial charge in [-0.1, -0.05) is 22.6 Å². The summed E-state index contributed by atoms with van der Waals surface area (Å²) in [6, 6.07) is 0. The third kappa shape index (κ3) is 3.55. The number of rotatable bonds is 4. The summed E-state index contributed by atoms with van der Waals surface area (Å²) in [6.45, 7) is 7.97. The van der Waals surface area contributed by atoms with E-state index in [9.17, 15) is 0 Å². The number of nitrogens with zero attached hydrogens (tertiary/aromatic N) is 2. The van der Waals surface area contributed by atoms with Gasteiger partial charge in [-0.2, -0.15) is 0 Å². The summed E-state index contributed by atoms with van der Waals surface area (Å²) in [5.41, 5.74) is 5.50. The smallest absolute Gasteiger partial charge is 0.0123 e. The summed E-state index contributed by atoms with van der Waals surface area (Å²) in [5, 5.41) is 0. The van der Waals surface area contributed by atoms with Gasteiger partial charge in [0.1, 0.15) is 0 Å². The Hall–Kier alpha value is 0.610. The lowest BCUT2D eigenvalue weighted by Gasteiger charge is -2.34. The minimum absolute atomic E-state index is 0.798. The number of nitrogens with two attached hydrogens (primary N) is 1. The van der Waals surface area contributed by atoms with Crippen molar-refractivity contribution in [2.45, 2.75) is 0 Å². The molecule has 1 aliphatic heterocycles. The van der Waals surface area contributed by atoms with Crippen molar-refractivity contribution in [2.75, 3.05) is 50.2 Å². The second-order valence-corrected chi connectivity index (χ2v) is 4.24. The van der Waals surface area contributed by atoms with Crippen LogP contribution >= 0.6 is 22.6 Å². The van der Waals surface area contributed by atoms with E-state index in [1.807, 2.05) is 0 Å². The Balaban J connectivity index is 2.11. The van der Waals surface area contributed by atoms with Crippen LogP contribution < -0.4 is 5.73 Å². The zero-order valence-electron chi connectivity index (χ0n) is 7.51. The first-order valence-corrected chi connectivity index (χ1v) is 6.10. The largest absolute Gasteiger partial charge is 0.329 e. The van der Waals surface area contributed by atoms with Gasteiger partial charge in [-0.05, 0) is 0 Å². The van der Waals surface area contributed by atoms with Crippen molar-refractivity contribution in [1.82, 2.24) is 9.80 Å². The van der Waals surface area contributed by atoms with E-state index in [1.54, 1.807) is 0 Å². The fourth-order valence-corrected chi connectivity index (χ4v) is 2.22. The molecule has 1 aliphatic rings. The second kappa shape index (κ2) is 6.12. The minimum atomic E-state index is 0.798. The highest BCUT2D eigenvalue weighted by Crippen LogP contribution is 2.00. The van der Waals surface area contributed by atoms with Gasteiger partial charge < -0.3 is 10.6 Å². The van der Waals surface area contributed by atoms with E-state index in [0.29, 0.717) is 0 Å². The van der Waals surface area contributed by atoms with Gasteiger partial charge in [0.15, 0.2) is 0 Å². The van der Waals surface area contributed by atoms with Crippen LogP contribution in [0.4, 0.5) is 0 Å². The molecule has 0 radical (unpaired) electrons. The average molecular weight is 283 g/mol. The molecule has 12 heavy (non-hydrogen) atoms. The van der Waals surface area contributed by atoms with Gasteiger partial charge >= 0.3 is 0 Å². The van der Waals surface area contributed by atoms with E-state index in [2.05, 4.69) is 32.4 Å². The Morgan fingerprint density at radius 1 is 1.00 bits per heavy atom. The molecule has 0 aromatic rings. The molecular formula is C8H18IN3. The van der Waals surface area contributed by atoms with Gasteiger partial charge in [0.05, 0.1) is 0 Å². The second-order valence-electron chi connectivity index (χ2n) is 3.16. The maximum Gasteiger partial charge on any atom is 0.0123 e. The van der Waals surface area contributed by atoms with Gasteiger partial charge in [0, 0.05) is 50.2 Å². The van der Waals surface area contributed by atoms with Crippen LogP contribution in [0.3, 0.4) is 0 Å². The molecule has 0 aromatic carbocycles. The highest BCUT2D eigenvalue weighted by molar-refractivity contribution is 14.1. The van der Waals surface area contributed by atoms with Crippen LogP contribution in [-0.2, 0) is 0 Å². The Morgan fingerprint density at radius 3 is 1.92 bits per heavy atom. The Labute approximate surface area is 88.4 Å². The summed E-state index contributed by atoms with van der Waals surface area (Å²) < 4.78 is 1.24. The highest BCUT2D eigenvalue weighted by Gasteiger charge is 2.14. The third-order valence-electron chi connectivity index (χ3n) is 2.31. The monoisotopic (exact) mass is 283 g/mol. The van der Waals surface area contributed by atoms with Crippen LogP contribution in [-0.4, -0.2) is 60.0 Å². The average Bonchev–Trinajstić information content (AvgIpc) is 2.09. The predicted octanol–water partition coefficient (Wildman–Crippen LogP) is -0.00230. The molecule has 0 atom stereocenters. The van der Waals surface area contributed by atoms with Crippen molar-refractivity contribution in [2.24, 2.45) is 5.73 Å². The summed E-state index contributed by atoms with van der Waals surface area (Å²) in [7, 11) is 0. The topological polar surface area (TPSA) is 32.5 Å². The van der Waals surface area contributed by atoms with E-state index in [4.69, 9.17) is 5.73 Å². The van der Waals surface area contributed by atoms with Crippen LogP contribution in [0.15, 0.2) is 0 Å². The molecule has 0 unspecified atom stereocenters. The van der Waals surface area contributed by atoms with Crippen molar-refractivity contribution >= 4 is 22.6 Å². The van der Waals surface area contributed by atoms with Crippen molar-refractivity contribution in [3.63, 3.8) is 0 Å². The number of hydrogen-bond donors (Lipinski definition) is 1. The van der Waals surface area contributed by atoms with Crippen LogP contribution in [0.2, 0.25) is 0 Å². The zero-order chi connectivity index (χ0) is 8.81.